The molecule has 0 aliphatic heterocycles. The molecule has 106 valence electrons. The number of nitrogens with zero attached hydrogens (tertiary/aromatic N) is 2. The van der Waals surface area contributed by atoms with Crippen LogP contribution in [0, 0.1) is 0 Å². The molecular formula is C13H12Cl2N2O2S. The van der Waals surface area contributed by atoms with Crippen LogP contribution in [0.4, 0.5) is 0 Å². The molecule has 4 nitrogen and oxygen atoms in total. The topological polar surface area (TPSA) is 56.0 Å². The molecule has 0 atom stereocenters. The molecule has 0 aliphatic carbocycles. The van der Waals surface area contributed by atoms with E-state index in [4.69, 9.17) is 27.6 Å². The van der Waals surface area contributed by atoms with Crippen molar-refractivity contribution in [1.29, 1.82) is 0 Å². The summed E-state index contributed by atoms with van der Waals surface area (Å²) >= 11 is 13.1. The predicted octanol–water partition coefficient (Wildman–Crippen LogP) is 4.30. The Morgan fingerprint density at radius 1 is 1.35 bits per heavy atom. The number of thioether (sulfide) groups is 1. The highest BCUT2D eigenvalue weighted by Gasteiger charge is 2.15. The Hall–Kier alpha value is -1.04. The molecule has 0 bridgehead atoms. The van der Waals surface area contributed by atoms with E-state index < -0.39 is 0 Å². The van der Waals surface area contributed by atoms with E-state index >= 15 is 0 Å². The third kappa shape index (κ3) is 3.75. The third-order valence-electron chi connectivity index (χ3n) is 2.49. The van der Waals surface area contributed by atoms with Gasteiger partial charge in [0.05, 0.1) is 15.8 Å². The zero-order chi connectivity index (χ0) is 14.5. The minimum Gasteiger partial charge on any atom is -0.416 e. The maximum absolute atomic E-state index is 12.1. The monoisotopic (exact) mass is 330 g/mol. The summed E-state index contributed by atoms with van der Waals surface area (Å²) < 4.78 is 5.39. The lowest BCUT2D eigenvalue weighted by Crippen LogP contribution is -2.03. The second-order valence-corrected chi connectivity index (χ2v) is 5.74. The fourth-order valence-electron chi connectivity index (χ4n) is 1.54. The van der Waals surface area contributed by atoms with E-state index in [9.17, 15) is 4.79 Å². The van der Waals surface area contributed by atoms with Crippen LogP contribution in [0.3, 0.4) is 0 Å². The first-order valence-corrected chi connectivity index (χ1v) is 7.78. The summed E-state index contributed by atoms with van der Waals surface area (Å²) in [7, 11) is 0. The number of carbonyl (C=O) groups excluding carboxylic acids is 1. The molecule has 1 aromatic heterocycles. The summed E-state index contributed by atoms with van der Waals surface area (Å²) in [6, 6.07) is 4.98. The molecule has 2 aromatic rings. The number of benzene rings is 1. The number of hydrogen-bond donors (Lipinski definition) is 0. The van der Waals surface area contributed by atoms with Crippen molar-refractivity contribution in [2.75, 3.05) is 5.75 Å². The second kappa shape index (κ2) is 7.11. The van der Waals surface area contributed by atoms with E-state index in [1.54, 1.807) is 18.2 Å². The Kier molecular flexibility index (Phi) is 5.46. The van der Waals surface area contributed by atoms with Crippen LogP contribution in [0.2, 0.25) is 10.0 Å². The molecule has 0 aliphatic rings. The van der Waals surface area contributed by atoms with E-state index in [1.807, 2.05) is 6.92 Å². The number of Topliss-reactive ketones (excluding diaryl/α,β-unsaturated/α-hetero) is 1. The third-order valence-corrected chi connectivity index (χ3v) is 4.13. The van der Waals surface area contributed by atoms with Crippen molar-refractivity contribution < 1.29 is 9.21 Å². The van der Waals surface area contributed by atoms with Gasteiger partial charge in [0.15, 0.2) is 5.78 Å². The highest BCUT2D eigenvalue weighted by atomic mass is 35.5. The molecule has 1 aromatic carbocycles. The normalized spacial score (nSPS) is 10.8. The van der Waals surface area contributed by atoms with Crippen LogP contribution in [0.15, 0.2) is 27.8 Å². The molecule has 7 heteroatoms. The van der Waals surface area contributed by atoms with Gasteiger partial charge in [0.25, 0.3) is 5.22 Å². The average molecular weight is 331 g/mol. The van der Waals surface area contributed by atoms with Gasteiger partial charge in [-0.05, 0) is 18.6 Å². The van der Waals surface area contributed by atoms with E-state index in [0.29, 0.717) is 21.7 Å². The van der Waals surface area contributed by atoms with Gasteiger partial charge in [-0.15, -0.1) is 10.2 Å². The van der Waals surface area contributed by atoms with Crippen molar-refractivity contribution in [3.05, 3.63) is 39.7 Å². The minimum absolute atomic E-state index is 0.127. The van der Waals surface area contributed by atoms with E-state index in [-0.39, 0.29) is 16.6 Å². The Labute approximate surface area is 130 Å². The highest BCUT2D eigenvalue weighted by Crippen LogP contribution is 2.27. The summed E-state index contributed by atoms with van der Waals surface area (Å²) in [6.45, 7) is 2.03. The highest BCUT2D eigenvalue weighted by molar-refractivity contribution is 7.99. The maximum Gasteiger partial charge on any atom is 0.277 e. The standard InChI is InChI=1S/C13H12Cl2N2O2S/c1-2-4-11-16-17-13(19-11)20-7-10(18)8-5-3-6-9(14)12(8)15/h3,5-6H,2,4,7H2,1H3. The summed E-state index contributed by atoms with van der Waals surface area (Å²) in [5, 5.41) is 8.80. The molecule has 0 spiro atoms. The predicted molar refractivity (Wildman–Crippen MR) is 79.8 cm³/mol. The molecule has 0 saturated heterocycles. The molecule has 0 amide bonds. The first-order chi connectivity index (χ1) is 9.61. The van der Waals surface area contributed by atoms with Crippen LogP contribution in [-0.4, -0.2) is 21.7 Å². The van der Waals surface area contributed by atoms with Crippen LogP contribution < -0.4 is 0 Å². The van der Waals surface area contributed by atoms with Crippen molar-refractivity contribution in [3.63, 3.8) is 0 Å². The first-order valence-electron chi connectivity index (χ1n) is 6.04. The van der Waals surface area contributed by atoms with E-state index in [2.05, 4.69) is 10.2 Å². The molecule has 20 heavy (non-hydrogen) atoms. The molecule has 0 radical (unpaired) electrons. The van der Waals surface area contributed by atoms with Crippen molar-refractivity contribution in [3.8, 4) is 0 Å². The van der Waals surface area contributed by atoms with Crippen LogP contribution >= 0.6 is 35.0 Å². The fourth-order valence-corrected chi connectivity index (χ4v) is 2.61. The Balaban J connectivity index is 1.99. The maximum atomic E-state index is 12.1. The van der Waals surface area contributed by atoms with Crippen LogP contribution in [0.25, 0.3) is 0 Å². The van der Waals surface area contributed by atoms with E-state index in [0.717, 1.165) is 12.8 Å². The van der Waals surface area contributed by atoms with Gasteiger partial charge in [0, 0.05) is 12.0 Å². The summed E-state index contributed by atoms with van der Waals surface area (Å²) in [6.07, 6.45) is 1.67. The second-order valence-electron chi connectivity index (χ2n) is 4.02. The lowest BCUT2D eigenvalue weighted by Gasteiger charge is -2.03. The molecule has 0 fully saturated rings. The number of rotatable bonds is 6. The SMILES string of the molecule is CCCc1nnc(SCC(=O)c2cccc(Cl)c2Cl)o1. The Bertz CT molecular complexity index is 616. The van der Waals surface area contributed by atoms with Gasteiger partial charge in [-0.25, -0.2) is 0 Å². The van der Waals surface area contributed by atoms with Crippen molar-refractivity contribution in [2.45, 2.75) is 25.0 Å². The zero-order valence-electron chi connectivity index (χ0n) is 10.7. The van der Waals surface area contributed by atoms with Gasteiger partial charge in [0.2, 0.25) is 5.89 Å². The van der Waals surface area contributed by atoms with Gasteiger partial charge >= 0.3 is 0 Å². The molecule has 0 N–H and O–H groups in total. The van der Waals surface area contributed by atoms with E-state index in [1.165, 1.54) is 11.8 Å². The lowest BCUT2D eigenvalue weighted by atomic mass is 10.1. The average Bonchev–Trinajstić information content (AvgIpc) is 2.87. The largest absolute Gasteiger partial charge is 0.416 e. The number of carbonyl (C=O) groups is 1. The summed E-state index contributed by atoms with van der Waals surface area (Å²) in [4.78, 5) is 12.1. The van der Waals surface area contributed by atoms with Crippen molar-refractivity contribution in [2.24, 2.45) is 0 Å². The van der Waals surface area contributed by atoms with Crippen LogP contribution in [-0.2, 0) is 6.42 Å². The number of aryl methyl sites for hydroxylation is 1. The van der Waals surface area contributed by atoms with Gasteiger partial charge < -0.3 is 4.42 Å². The lowest BCUT2D eigenvalue weighted by molar-refractivity contribution is 0.102. The van der Waals surface area contributed by atoms with Crippen LogP contribution in [0.1, 0.15) is 29.6 Å². The quantitative estimate of drug-likeness (QED) is 0.583. The minimum atomic E-state index is -0.127. The molecular weight excluding hydrogens is 319 g/mol. The van der Waals surface area contributed by atoms with Crippen molar-refractivity contribution >= 4 is 40.7 Å². The smallest absolute Gasteiger partial charge is 0.277 e. The van der Waals surface area contributed by atoms with Gasteiger partial charge in [-0.2, -0.15) is 0 Å². The molecule has 2 rings (SSSR count). The van der Waals surface area contributed by atoms with Gasteiger partial charge in [-0.1, -0.05) is 48.0 Å². The van der Waals surface area contributed by atoms with Gasteiger partial charge in [-0.3, -0.25) is 4.79 Å². The zero-order valence-corrected chi connectivity index (χ0v) is 13.1. The fraction of sp³-hybridized carbons (Fsp3) is 0.308. The number of ketones is 1. The Morgan fingerprint density at radius 2 is 2.15 bits per heavy atom. The molecule has 0 unspecified atom stereocenters. The van der Waals surface area contributed by atoms with Crippen LogP contribution in [0.5, 0.6) is 0 Å². The number of aromatic nitrogens is 2. The summed E-state index contributed by atoms with van der Waals surface area (Å²) in [5.74, 6) is 0.634. The molecule has 1 heterocycles. The van der Waals surface area contributed by atoms with Gasteiger partial charge in [0.1, 0.15) is 0 Å². The van der Waals surface area contributed by atoms with Crippen molar-refractivity contribution in [1.82, 2.24) is 10.2 Å². The Morgan fingerprint density at radius 3 is 2.90 bits per heavy atom. The first kappa shape index (κ1) is 15.4. The molecule has 0 saturated carbocycles. The number of hydrogen-bond acceptors (Lipinski definition) is 5. The number of halogens is 2. The summed E-state index contributed by atoms with van der Waals surface area (Å²) in [5.41, 5.74) is 0.403.